The summed E-state index contributed by atoms with van der Waals surface area (Å²) in [4.78, 5) is 23.8. The molecule has 3 rings (SSSR count). The largest absolute Gasteiger partial charge is 0.459 e. The van der Waals surface area contributed by atoms with Crippen LogP contribution in [-0.2, 0) is 11.3 Å². The molecule has 2 heterocycles. The van der Waals surface area contributed by atoms with Crippen molar-refractivity contribution in [3.63, 3.8) is 0 Å². The first-order valence-corrected chi connectivity index (χ1v) is 7.46. The Morgan fingerprint density at radius 3 is 2.85 bits per heavy atom. The van der Waals surface area contributed by atoms with E-state index in [1.807, 2.05) is 0 Å². The van der Waals surface area contributed by atoms with Crippen molar-refractivity contribution in [3.05, 3.63) is 52.2 Å². The molecule has 1 N–H and O–H groups in total. The molecule has 0 fully saturated rings. The minimum atomic E-state index is -3.02. The number of nitrogens with zero attached hydrogens (tertiary/aromatic N) is 2. The second kappa shape index (κ2) is 7.40. The third-order valence-electron chi connectivity index (χ3n) is 3.06. The second-order valence-electron chi connectivity index (χ2n) is 4.88. The van der Waals surface area contributed by atoms with Gasteiger partial charge in [-0.2, -0.15) is 13.5 Å². The Hall–Kier alpha value is -3.14. The first kappa shape index (κ1) is 17.7. The van der Waals surface area contributed by atoms with Gasteiger partial charge in [0.1, 0.15) is 12.3 Å². The van der Waals surface area contributed by atoms with E-state index in [0.29, 0.717) is 0 Å². The van der Waals surface area contributed by atoms with E-state index in [1.54, 1.807) is 12.1 Å². The number of alkyl halides is 2. The van der Waals surface area contributed by atoms with Crippen LogP contribution < -0.4 is 15.8 Å². The van der Waals surface area contributed by atoms with Crippen LogP contribution in [0.4, 0.5) is 14.5 Å². The second-order valence-corrected chi connectivity index (χ2v) is 5.29. The number of ether oxygens (including phenoxy) is 1. The average molecular weight is 386 g/mol. The van der Waals surface area contributed by atoms with Crippen LogP contribution >= 0.6 is 11.6 Å². The molecule has 0 unspecified atom stereocenters. The molecular weight excluding hydrogens is 376 g/mol. The zero-order valence-corrected chi connectivity index (χ0v) is 13.6. The Morgan fingerprint density at radius 2 is 2.19 bits per heavy atom. The summed E-state index contributed by atoms with van der Waals surface area (Å²) in [6.45, 7) is -3.45. The molecule has 0 aliphatic carbocycles. The van der Waals surface area contributed by atoms with Crippen LogP contribution in [0.2, 0.25) is 5.02 Å². The van der Waals surface area contributed by atoms with Crippen LogP contribution in [0, 0.1) is 0 Å². The lowest BCUT2D eigenvalue weighted by Gasteiger charge is -2.09. The highest BCUT2D eigenvalue weighted by molar-refractivity contribution is 6.32. The van der Waals surface area contributed by atoms with Gasteiger partial charge in [-0.3, -0.25) is 4.79 Å². The van der Waals surface area contributed by atoms with Gasteiger partial charge in [0.2, 0.25) is 5.91 Å². The molecule has 0 aliphatic heterocycles. The Balaban J connectivity index is 1.68. The molecule has 3 aromatic rings. The molecular formula is C15H10ClF2N3O5. The molecule has 1 amide bonds. The van der Waals surface area contributed by atoms with E-state index >= 15 is 0 Å². The molecule has 2 aromatic heterocycles. The van der Waals surface area contributed by atoms with Gasteiger partial charge in [-0.25, -0.2) is 4.79 Å². The van der Waals surface area contributed by atoms with Crippen LogP contribution in [0.5, 0.6) is 5.75 Å². The molecule has 11 heteroatoms. The summed E-state index contributed by atoms with van der Waals surface area (Å²) < 4.78 is 39.3. The first-order chi connectivity index (χ1) is 12.4. The van der Waals surface area contributed by atoms with Gasteiger partial charge in [-0.05, 0) is 30.3 Å². The van der Waals surface area contributed by atoms with Crippen molar-refractivity contribution in [2.75, 3.05) is 5.32 Å². The Bertz CT molecular complexity index is 968. The fourth-order valence-electron chi connectivity index (χ4n) is 2.01. The molecule has 26 heavy (non-hydrogen) atoms. The number of halogens is 3. The predicted molar refractivity (Wildman–Crippen MR) is 85.2 cm³/mol. The van der Waals surface area contributed by atoms with Crippen LogP contribution in [0.1, 0.15) is 0 Å². The number of rotatable bonds is 6. The molecule has 0 saturated heterocycles. The monoisotopic (exact) mass is 385 g/mol. The first-order valence-electron chi connectivity index (χ1n) is 7.08. The van der Waals surface area contributed by atoms with E-state index in [4.69, 9.17) is 20.4 Å². The maximum absolute atomic E-state index is 12.2. The van der Waals surface area contributed by atoms with Crippen molar-refractivity contribution in [1.29, 1.82) is 0 Å². The Labute approximate surface area is 148 Å². The summed E-state index contributed by atoms with van der Waals surface area (Å²) in [5.74, 6) is -1.50. The van der Waals surface area contributed by atoms with Crippen LogP contribution in [0.3, 0.4) is 0 Å². The van der Waals surface area contributed by atoms with Crippen molar-refractivity contribution in [2.45, 2.75) is 13.2 Å². The summed E-state index contributed by atoms with van der Waals surface area (Å²) in [6.07, 6.45) is 1.38. The lowest BCUT2D eigenvalue weighted by molar-refractivity contribution is -0.117. The van der Waals surface area contributed by atoms with E-state index in [1.165, 1.54) is 24.5 Å². The average Bonchev–Trinajstić information content (AvgIpc) is 3.20. The van der Waals surface area contributed by atoms with Gasteiger partial charge in [0.25, 0.3) is 5.89 Å². The smallest absolute Gasteiger partial charge is 0.437 e. The molecule has 0 spiro atoms. The van der Waals surface area contributed by atoms with E-state index in [-0.39, 0.29) is 28.1 Å². The summed E-state index contributed by atoms with van der Waals surface area (Å²) in [7, 11) is 0. The predicted octanol–water partition coefficient (Wildman–Crippen LogP) is 2.99. The van der Waals surface area contributed by atoms with Gasteiger partial charge >= 0.3 is 12.4 Å². The van der Waals surface area contributed by atoms with Crippen molar-refractivity contribution in [2.24, 2.45) is 0 Å². The Kier molecular flexibility index (Phi) is 5.03. The highest BCUT2D eigenvalue weighted by atomic mass is 35.5. The highest BCUT2D eigenvalue weighted by Gasteiger charge is 2.15. The summed E-state index contributed by atoms with van der Waals surface area (Å²) in [5, 5.41) is 6.19. The molecule has 0 radical (unpaired) electrons. The van der Waals surface area contributed by atoms with Crippen molar-refractivity contribution >= 4 is 23.2 Å². The number of furan rings is 1. The van der Waals surface area contributed by atoms with Gasteiger partial charge < -0.3 is 18.9 Å². The zero-order chi connectivity index (χ0) is 18.7. The quantitative estimate of drug-likeness (QED) is 0.700. The number of hydrogen-bond donors (Lipinski definition) is 1. The maximum Gasteiger partial charge on any atom is 0.437 e. The van der Waals surface area contributed by atoms with Crippen molar-refractivity contribution in [1.82, 2.24) is 9.78 Å². The van der Waals surface area contributed by atoms with Gasteiger partial charge in [0, 0.05) is 5.69 Å². The van der Waals surface area contributed by atoms with E-state index in [9.17, 15) is 18.4 Å². The number of carbonyl (C=O) groups excluding carboxylic acids is 1. The number of anilines is 1. The third kappa shape index (κ3) is 4.09. The minimum Gasteiger partial charge on any atom is -0.459 e. The van der Waals surface area contributed by atoms with Gasteiger partial charge in [-0.15, -0.1) is 5.10 Å². The normalized spacial score (nSPS) is 10.9. The topological polar surface area (TPSA) is 99.5 Å². The molecule has 1 aromatic carbocycles. The summed E-state index contributed by atoms with van der Waals surface area (Å²) in [5.41, 5.74) is 0.226. The van der Waals surface area contributed by atoms with Crippen LogP contribution in [0.15, 0.2) is 50.2 Å². The Morgan fingerprint density at radius 1 is 1.38 bits per heavy atom. The van der Waals surface area contributed by atoms with E-state index in [2.05, 4.69) is 15.2 Å². The van der Waals surface area contributed by atoms with Crippen molar-refractivity contribution in [3.8, 4) is 17.4 Å². The molecule has 0 bridgehead atoms. The van der Waals surface area contributed by atoms with E-state index in [0.717, 1.165) is 4.68 Å². The lowest BCUT2D eigenvalue weighted by atomic mass is 10.3. The fourth-order valence-corrected chi connectivity index (χ4v) is 2.24. The third-order valence-corrected chi connectivity index (χ3v) is 3.36. The molecule has 136 valence electrons. The molecule has 0 atom stereocenters. The van der Waals surface area contributed by atoms with Crippen LogP contribution in [0.25, 0.3) is 11.7 Å². The highest BCUT2D eigenvalue weighted by Crippen LogP contribution is 2.28. The van der Waals surface area contributed by atoms with Crippen LogP contribution in [-0.4, -0.2) is 22.3 Å². The summed E-state index contributed by atoms with van der Waals surface area (Å²) >= 11 is 5.80. The number of amides is 1. The molecule has 0 saturated carbocycles. The number of benzene rings is 1. The number of carbonyl (C=O) groups is 1. The lowest BCUT2D eigenvalue weighted by Crippen LogP contribution is -2.25. The van der Waals surface area contributed by atoms with E-state index < -0.39 is 24.8 Å². The SMILES string of the molecule is O=C(Cn1nc(-c2ccco2)oc1=O)Nc1ccc(OC(F)F)c(Cl)c1. The van der Waals surface area contributed by atoms with Gasteiger partial charge in [0.15, 0.2) is 5.76 Å². The number of nitrogens with one attached hydrogen (secondary N) is 1. The molecule has 8 nitrogen and oxygen atoms in total. The number of hydrogen-bond acceptors (Lipinski definition) is 6. The van der Waals surface area contributed by atoms with Crippen molar-refractivity contribution < 1.29 is 27.1 Å². The molecule has 0 aliphatic rings. The fraction of sp³-hybridized carbons (Fsp3) is 0.133. The maximum atomic E-state index is 12.2. The minimum absolute atomic E-state index is 0.0654. The van der Waals surface area contributed by atoms with Gasteiger partial charge in [0.05, 0.1) is 11.3 Å². The zero-order valence-electron chi connectivity index (χ0n) is 12.8. The van der Waals surface area contributed by atoms with Gasteiger partial charge in [-0.1, -0.05) is 11.6 Å². The standard InChI is InChI=1S/C15H10ClF2N3O5/c16-9-6-8(3-4-10(9)25-14(17)18)19-12(22)7-21-15(23)26-13(20-21)11-2-1-5-24-11/h1-6,14H,7H2,(H,19,22). The summed E-state index contributed by atoms with van der Waals surface area (Å²) in [6, 6.07) is 6.87. The number of aromatic nitrogens is 2.